The molecule has 0 heterocycles. The molecule has 0 radical (unpaired) electrons. The highest BCUT2D eigenvalue weighted by molar-refractivity contribution is 9.10. The minimum absolute atomic E-state index is 0.0693. The maximum atomic E-state index is 12.5. The summed E-state index contributed by atoms with van der Waals surface area (Å²) < 4.78 is 28.4. The normalized spacial score (nSPS) is 13.3. The molecule has 23 heavy (non-hydrogen) atoms. The molecule has 2 rings (SSSR count). The lowest BCUT2D eigenvalue weighted by atomic mass is 10.1. The number of hydrogen-bond acceptors (Lipinski definition) is 3. The monoisotopic (exact) mass is 416 g/mol. The standard InChI is InChI=1S/C16H18BrClN2O2S/c1-20(2)15(12-6-4-3-5-7-12)11-19-23(21,22)16-9-8-13(17)10-14(16)18/h3-10,15,19H,11H2,1-2H3/t15-/m1/s1. The highest BCUT2D eigenvalue weighted by Gasteiger charge is 2.21. The molecule has 1 atom stereocenters. The summed E-state index contributed by atoms with van der Waals surface area (Å²) in [5, 5.41) is 0.188. The third kappa shape index (κ3) is 4.78. The third-order valence-corrected chi connectivity index (χ3v) is 5.86. The zero-order valence-electron chi connectivity index (χ0n) is 12.8. The average Bonchev–Trinajstić information content (AvgIpc) is 2.47. The van der Waals surface area contributed by atoms with Crippen molar-refractivity contribution in [1.29, 1.82) is 0 Å². The van der Waals surface area contributed by atoms with Crippen LogP contribution in [0.1, 0.15) is 11.6 Å². The number of likely N-dealkylation sites (N-methyl/N-ethyl adjacent to an activating group) is 1. The second kappa shape index (κ2) is 7.77. The minimum Gasteiger partial charge on any atom is -0.301 e. The highest BCUT2D eigenvalue weighted by Crippen LogP contribution is 2.25. The molecule has 4 nitrogen and oxygen atoms in total. The van der Waals surface area contributed by atoms with Gasteiger partial charge in [0.25, 0.3) is 0 Å². The Labute approximate surface area is 150 Å². The third-order valence-electron chi connectivity index (χ3n) is 3.46. The van der Waals surface area contributed by atoms with Gasteiger partial charge in [-0.2, -0.15) is 0 Å². The molecule has 0 aliphatic carbocycles. The Hall–Kier alpha value is -0.920. The van der Waals surface area contributed by atoms with Gasteiger partial charge in [-0.1, -0.05) is 57.9 Å². The smallest absolute Gasteiger partial charge is 0.242 e. The zero-order chi connectivity index (χ0) is 17.0. The van der Waals surface area contributed by atoms with Crippen LogP contribution in [0.25, 0.3) is 0 Å². The second-order valence-electron chi connectivity index (χ2n) is 5.32. The van der Waals surface area contributed by atoms with E-state index in [0.29, 0.717) is 0 Å². The van der Waals surface area contributed by atoms with E-state index >= 15 is 0 Å². The molecule has 0 aliphatic rings. The van der Waals surface area contributed by atoms with E-state index in [1.54, 1.807) is 12.1 Å². The zero-order valence-corrected chi connectivity index (χ0v) is 16.0. The van der Waals surface area contributed by atoms with Crippen LogP contribution in [0.5, 0.6) is 0 Å². The van der Waals surface area contributed by atoms with Gasteiger partial charge in [0.2, 0.25) is 10.0 Å². The maximum absolute atomic E-state index is 12.5. The summed E-state index contributed by atoms with van der Waals surface area (Å²) in [6, 6.07) is 14.4. The number of nitrogens with zero attached hydrogens (tertiary/aromatic N) is 1. The van der Waals surface area contributed by atoms with Crippen molar-refractivity contribution in [2.75, 3.05) is 20.6 Å². The summed E-state index contributed by atoms with van der Waals surface area (Å²) in [6.07, 6.45) is 0. The summed E-state index contributed by atoms with van der Waals surface area (Å²) in [5.41, 5.74) is 1.04. The molecule has 0 aromatic heterocycles. The van der Waals surface area contributed by atoms with E-state index < -0.39 is 10.0 Å². The SMILES string of the molecule is CN(C)[C@H](CNS(=O)(=O)c1ccc(Br)cc1Cl)c1ccccc1. The van der Waals surface area contributed by atoms with E-state index in [-0.39, 0.29) is 22.5 Å². The fraction of sp³-hybridized carbons (Fsp3) is 0.250. The molecule has 0 saturated carbocycles. The Kier molecular flexibility index (Phi) is 6.22. The molecule has 0 spiro atoms. The molecule has 7 heteroatoms. The van der Waals surface area contributed by atoms with E-state index in [9.17, 15) is 8.42 Å². The summed E-state index contributed by atoms with van der Waals surface area (Å²) in [6.45, 7) is 0.256. The number of nitrogens with one attached hydrogen (secondary N) is 1. The summed E-state index contributed by atoms with van der Waals surface area (Å²) in [7, 11) is 0.157. The maximum Gasteiger partial charge on any atom is 0.242 e. The van der Waals surface area contributed by atoms with Gasteiger partial charge >= 0.3 is 0 Å². The molecular weight excluding hydrogens is 400 g/mol. The molecule has 0 fully saturated rings. The van der Waals surface area contributed by atoms with Crippen molar-refractivity contribution < 1.29 is 8.42 Å². The van der Waals surface area contributed by atoms with Crippen LogP contribution in [0.3, 0.4) is 0 Å². The molecular formula is C16H18BrClN2O2S. The van der Waals surface area contributed by atoms with Gasteiger partial charge in [-0.25, -0.2) is 13.1 Å². The molecule has 0 aliphatic heterocycles. The molecule has 124 valence electrons. The van der Waals surface area contributed by atoms with Crippen molar-refractivity contribution >= 4 is 37.6 Å². The fourth-order valence-electron chi connectivity index (χ4n) is 2.23. The second-order valence-corrected chi connectivity index (χ2v) is 8.37. The fourth-order valence-corrected chi connectivity index (χ4v) is 4.31. The van der Waals surface area contributed by atoms with Crippen molar-refractivity contribution in [3.63, 3.8) is 0 Å². The van der Waals surface area contributed by atoms with Gasteiger partial charge in [-0.15, -0.1) is 0 Å². The van der Waals surface area contributed by atoms with Crippen molar-refractivity contribution in [3.05, 3.63) is 63.6 Å². The topological polar surface area (TPSA) is 49.4 Å². The predicted octanol–water partition coefficient (Wildman–Crippen LogP) is 3.68. The van der Waals surface area contributed by atoms with Crippen molar-refractivity contribution in [1.82, 2.24) is 9.62 Å². The highest BCUT2D eigenvalue weighted by atomic mass is 79.9. The Balaban J connectivity index is 2.20. The predicted molar refractivity (Wildman–Crippen MR) is 97.2 cm³/mol. The van der Waals surface area contributed by atoms with E-state index in [1.807, 2.05) is 49.3 Å². The van der Waals surface area contributed by atoms with Crippen LogP contribution in [0, 0.1) is 0 Å². The Bertz CT molecular complexity index is 767. The lowest BCUT2D eigenvalue weighted by Crippen LogP contribution is -2.34. The number of halogens is 2. The Morgan fingerprint density at radius 2 is 1.83 bits per heavy atom. The quantitative estimate of drug-likeness (QED) is 0.780. The van der Waals surface area contributed by atoms with Gasteiger partial charge in [-0.3, -0.25) is 0 Å². The van der Waals surface area contributed by atoms with Gasteiger partial charge in [0, 0.05) is 17.1 Å². The summed E-state index contributed by atoms with van der Waals surface area (Å²) in [4.78, 5) is 2.05. The van der Waals surface area contributed by atoms with Crippen molar-refractivity contribution in [2.24, 2.45) is 0 Å². The van der Waals surface area contributed by atoms with Crippen LogP contribution in [0.15, 0.2) is 57.9 Å². The van der Waals surface area contributed by atoms with Crippen molar-refractivity contribution in [2.45, 2.75) is 10.9 Å². The van der Waals surface area contributed by atoms with Crippen LogP contribution >= 0.6 is 27.5 Å². The molecule has 0 amide bonds. The van der Waals surface area contributed by atoms with E-state index in [2.05, 4.69) is 20.7 Å². The van der Waals surface area contributed by atoms with Crippen LogP contribution in [0.4, 0.5) is 0 Å². The Morgan fingerprint density at radius 3 is 2.39 bits per heavy atom. The van der Waals surface area contributed by atoms with E-state index in [4.69, 9.17) is 11.6 Å². The molecule has 1 N–H and O–H groups in total. The number of benzene rings is 2. The first-order valence-electron chi connectivity index (χ1n) is 6.97. The van der Waals surface area contributed by atoms with Crippen LogP contribution < -0.4 is 4.72 Å². The number of hydrogen-bond donors (Lipinski definition) is 1. The van der Waals surface area contributed by atoms with Crippen LogP contribution in [-0.4, -0.2) is 34.0 Å². The number of rotatable bonds is 6. The first-order chi connectivity index (χ1) is 10.8. The van der Waals surface area contributed by atoms with Gasteiger partial charge in [-0.05, 0) is 37.9 Å². The van der Waals surface area contributed by atoms with Gasteiger partial charge in [0.1, 0.15) is 4.90 Å². The number of sulfonamides is 1. The van der Waals surface area contributed by atoms with Crippen molar-refractivity contribution in [3.8, 4) is 0 Å². The lowest BCUT2D eigenvalue weighted by Gasteiger charge is -2.25. The molecule has 0 unspecified atom stereocenters. The first kappa shape index (κ1) is 18.4. The summed E-state index contributed by atoms with van der Waals surface area (Å²) in [5.74, 6) is 0. The minimum atomic E-state index is -3.67. The Morgan fingerprint density at radius 1 is 1.17 bits per heavy atom. The van der Waals surface area contributed by atoms with Gasteiger partial charge in [0.15, 0.2) is 0 Å². The van der Waals surface area contributed by atoms with Gasteiger partial charge in [0.05, 0.1) is 5.02 Å². The van der Waals surface area contributed by atoms with E-state index in [1.165, 1.54) is 6.07 Å². The van der Waals surface area contributed by atoms with Crippen LogP contribution in [0.2, 0.25) is 5.02 Å². The van der Waals surface area contributed by atoms with Gasteiger partial charge < -0.3 is 4.90 Å². The van der Waals surface area contributed by atoms with E-state index in [0.717, 1.165) is 10.0 Å². The first-order valence-corrected chi connectivity index (χ1v) is 9.63. The molecule has 0 saturated heterocycles. The average molecular weight is 418 g/mol. The molecule has 2 aromatic rings. The molecule has 0 bridgehead atoms. The largest absolute Gasteiger partial charge is 0.301 e. The lowest BCUT2D eigenvalue weighted by molar-refractivity contribution is 0.299. The summed E-state index contributed by atoms with van der Waals surface area (Å²) >= 11 is 9.32. The molecule has 2 aromatic carbocycles. The van der Waals surface area contributed by atoms with Crippen LogP contribution in [-0.2, 0) is 10.0 Å².